The predicted molar refractivity (Wildman–Crippen MR) is 89.3 cm³/mol. The molecule has 1 aromatic heterocycles. The molecule has 1 aliphatic rings. The van der Waals surface area contributed by atoms with Crippen LogP contribution < -0.4 is 10.2 Å². The molecule has 1 unspecified atom stereocenters. The number of hydrogen-bond donors (Lipinski definition) is 1. The molecule has 0 aromatic carbocycles. The van der Waals surface area contributed by atoms with Gasteiger partial charge in [-0.05, 0) is 26.2 Å². The summed E-state index contributed by atoms with van der Waals surface area (Å²) in [5.74, 6) is 0.0937. The average Bonchev–Trinajstić information content (AvgIpc) is 3.24. The van der Waals surface area contributed by atoms with Gasteiger partial charge in [-0.15, -0.1) is 10.2 Å². The summed E-state index contributed by atoms with van der Waals surface area (Å²) in [4.78, 5) is 25.7. The predicted octanol–water partition coefficient (Wildman–Crippen LogP) is 2.45. The van der Waals surface area contributed by atoms with Crippen molar-refractivity contribution in [3.8, 4) is 0 Å². The molecular weight excluding hydrogens is 320 g/mol. The second-order valence-corrected chi connectivity index (χ2v) is 7.79. The van der Waals surface area contributed by atoms with Gasteiger partial charge < -0.3 is 5.32 Å². The molecule has 6 nitrogen and oxygen atoms in total. The molecule has 0 bridgehead atoms. The van der Waals surface area contributed by atoms with E-state index in [1.54, 1.807) is 4.90 Å². The maximum absolute atomic E-state index is 12.0. The van der Waals surface area contributed by atoms with E-state index in [2.05, 4.69) is 15.5 Å². The minimum absolute atomic E-state index is 0.00674. The number of carbonyl (C=O) groups excluding carboxylic acids is 2. The maximum Gasteiger partial charge on any atom is 0.233 e. The van der Waals surface area contributed by atoms with E-state index in [1.165, 1.54) is 23.1 Å². The topological polar surface area (TPSA) is 75.2 Å². The van der Waals surface area contributed by atoms with E-state index in [0.29, 0.717) is 18.1 Å². The van der Waals surface area contributed by atoms with Gasteiger partial charge in [0.15, 0.2) is 4.34 Å². The smallest absolute Gasteiger partial charge is 0.233 e. The minimum Gasteiger partial charge on any atom is -0.355 e. The zero-order chi connectivity index (χ0) is 16.1. The molecule has 2 amide bonds. The Labute approximate surface area is 139 Å². The van der Waals surface area contributed by atoms with Crippen LogP contribution in [0.25, 0.3) is 0 Å². The van der Waals surface area contributed by atoms with Gasteiger partial charge in [0.05, 0.1) is 5.25 Å². The minimum atomic E-state index is -0.219. The van der Waals surface area contributed by atoms with Gasteiger partial charge in [-0.3, -0.25) is 14.5 Å². The highest BCUT2D eigenvalue weighted by Crippen LogP contribution is 2.37. The fourth-order valence-corrected chi connectivity index (χ4v) is 4.01. The SMILES string of the molecule is CCCNC(=O)C(C)Sc1nnc(N(C(=O)CC)C2CC2)s1. The molecule has 1 heterocycles. The molecule has 1 atom stereocenters. The van der Waals surface area contributed by atoms with Crippen molar-refractivity contribution in [2.75, 3.05) is 11.4 Å². The van der Waals surface area contributed by atoms with Crippen molar-refractivity contribution in [3.63, 3.8) is 0 Å². The third-order valence-electron chi connectivity index (χ3n) is 3.28. The molecule has 22 heavy (non-hydrogen) atoms. The van der Waals surface area contributed by atoms with Crippen molar-refractivity contribution in [1.82, 2.24) is 15.5 Å². The van der Waals surface area contributed by atoms with E-state index in [9.17, 15) is 9.59 Å². The van der Waals surface area contributed by atoms with Crippen LogP contribution in [0.5, 0.6) is 0 Å². The number of anilines is 1. The lowest BCUT2D eigenvalue weighted by molar-refractivity contribution is -0.120. The first-order valence-electron chi connectivity index (χ1n) is 7.66. The van der Waals surface area contributed by atoms with Crippen molar-refractivity contribution in [2.24, 2.45) is 0 Å². The number of carbonyl (C=O) groups is 2. The highest BCUT2D eigenvalue weighted by Gasteiger charge is 2.35. The second-order valence-electron chi connectivity index (χ2n) is 5.25. The molecule has 1 saturated carbocycles. The number of aromatic nitrogens is 2. The third kappa shape index (κ3) is 4.42. The van der Waals surface area contributed by atoms with Crippen LogP contribution in [0.2, 0.25) is 0 Å². The highest BCUT2D eigenvalue weighted by molar-refractivity contribution is 8.02. The monoisotopic (exact) mass is 342 g/mol. The van der Waals surface area contributed by atoms with Crippen molar-refractivity contribution in [3.05, 3.63) is 0 Å². The lowest BCUT2D eigenvalue weighted by Gasteiger charge is -2.17. The zero-order valence-electron chi connectivity index (χ0n) is 13.2. The zero-order valence-corrected chi connectivity index (χ0v) is 14.8. The van der Waals surface area contributed by atoms with E-state index in [4.69, 9.17) is 0 Å². The molecule has 1 N–H and O–H groups in total. The largest absolute Gasteiger partial charge is 0.355 e. The highest BCUT2D eigenvalue weighted by atomic mass is 32.2. The number of hydrogen-bond acceptors (Lipinski definition) is 6. The van der Waals surface area contributed by atoms with Gasteiger partial charge in [-0.25, -0.2) is 0 Å². The molecule has 1 aliphatic carbocycles. The van der Waals surface area contributed by atoms with Gasteiger partial charge in [0.25, 0.3) is 0 Å². The molecule has 0 radical (unpaired) electrons. The van der Waals surface area contributed by atoms with E-state index in [1.807, 2.05) is 20.8 Å². The Kier molecular flexibility index (Phi) is 6.19. The quantitative estimate of drug-likeness (QED) is 0.580. The third-order valence-corrected chi connectivity index (χ3v) is 5.39. The van der Waals surface area contributed by atoms with Crippen LogP contribution >= 0.6 is 23.1 Å². The summed E-state index contributed by atoms with van der Waals surface area (Å²) in [6.45, 7) is 6.42. The normalized spacial score (nSPS) is 15.4. The molecule has 0 saturated heterocycles. The Morgan fingerprint density at radius 3 is 2.73 bits per heavy atom. The van der Waals surface area contributed by atoms with Gasteiger partial charge in [0.2, 0.25) is 16.9 Å². The van der Waals surface area contributed by atoms with E-state index in [0.717, 1.165) is 23.6 Å². The molecule has 122 valence electrons. The fraction of sp³-hybridized carbons (Fsp3) is 0.714. The molecule has 1 fully saturated rings. The maximum atomic E-state index is 12.0. The van der Waals surface area contributed by atoms with Gasteiger partial charge in [0.1, 0.15) is 0 Å². The van der Waals surface area contributed by atoms with Crippen LogP contribution in [0.15, 0.2) is 4.34 Å². The summed E-state index contributed by atoms with van der Waals surface area (Å²) in [6, 6.07) is 0.281. The van der Waals surface area contributed by atoms with E-state index in [-0.39, 0.29) is 23.1 Å². The van der Waals surface area contributed by atoms with Gasteiger partial charge in [0, 0.05) is 19.0 Å². The molecule has 0 aliphatic heterocycles. The number of amides is 2. The van der Waals surface area contributed by atoms with Gasteiger partial charge in [-0.1, -0.05) is 36.9 Å². The Hall–Kier alpha value is -1.15. The first-order chi connectivity index (χ1) is 10.6. The number of rotatable bonds is 8. The van der Waals surface area contributed by atoms with Gasteiger partial charge in [-0.2, -0.15) is 0 Å². The van der Waals surface area contributed by atoms with Gasteiger partial charge >= 0.3 is 0 Å². The molecule has 8 heteroatoms. The van der Waals surface area contributed by atoms with Crippen LogP contribution in [0.3, 0.4) is 0 Å². The summed E-state index contributed by atoms with van der Waals surface area (Å²) >= 11 is 2.78. The molecule has 1 aromatic rings. The summed E-state index contributed by atoms with van der Waals surface area (Å²) in [5.41, 5.74) is 0. The lowest BCUT2D eigenvalue weighted by atomic mass is 10.4. The van der Waals surface area contributed by atoms with E-state index < -0.39 is 0 Å². The van der Waals surface area contributed by atoms with Crippen molar-refractivity contribution >= 4 is 40.0 Å². The van der Waals surface area contributed by atoms with Crippen LogP contribution in [-0.4, -0.2) is 39.8 Å². The van der Waals surface area contributed by atoms with Crippen LogP contribution in [0, 0.1) is 0 Å². The first kappa shape index (κ1) is 17.2. The van der Waals surface area contributed by atoms with Crippen molar-refractivity contribution in [2.45, 2.75) is 62.1 Å². The Balaban J connectivity index is 1.98. The summed E-state index contributed by atoms with van der Waals surface area (Å²) in [7, 11) is 0. The number of thioether (sulfide) groups is 1. The Morgan fingerprint density at radius 2 is 2.14 bits per heavy atom. The molecule has 0 spiro atoms. The Bertz CT molecular complexity index is 531. The summed E-state index contributed by atoms with van der Waals surface area (Å²) < 4.78 is 0.726. The van der Waals surface area contributed by atoms with Crippen LogP contribution in [-0.2, 0) is 9.59 Å². The summed E-state index contributed by atoms with van der Waals surface area (Å²) in [5, 5.41) is 11.6. The lowest BCUT2D eigenvalue weighted by Crippen LogP contribution is -2.32. The van der Waals surface area contributed by atoms with Crippen molar-refractivity contribution in [1.29, 1.82) is 0 Å². The molecule has 2 rings (SSSR count). The number of nitrogens with zero attached hydrogens (tertiary/aromatic N) is 3. The van der Waals surface area contributed by atoms with Crippen molar-refractivity contribution < 1.29 is 9.59 Å². The van der Waals surface area contributed by atoms with Crippen LogP contribution in [0.4, 0.5) is 5.13 Å². The first-order valence-corrected chi connectivity index (χ1v) is 9.36. The fourth-order valence-electron chi connectivity index (χ4n) is 1.91. The average molecular weight is 342 g/mol. The van der Waals surface area contributed by atoms with Crippen LogP contribution in [0.1, 0.15) is 46.5 Å². The van der Waals surface area contributed by atoms with E-state index >= 15 is 0 Å². The number of nitrogens with one attached hydrogen (secondary N) is 1. The standard InChI is InChI=1S/C14H22N4O2S2/c1-4-8-15-12(20)9(3)21-14-17-16-13(22-14)18(10-6-7-10)11(19)5-2/h9-10H,4-8H2,1-3H3,(H,15,20). The Morgan fingerprint density at radius 1 is 1.41 bits per heavy atom. The molecular formula is C14H22N4O2S2. The second kappa shape index (κ2) is 7.92. The summed E-state index contributed by atoms with van der Waals surface area (Å²) in [6.07, 6.45) is 3.45.